The summed E-state index contributed by atoms with van der Waals surface area (Å²) in [5.74, 6) is -3.00. The van der Waals surface area contributed by atoms with Gasteiger partial charge in [0.25, 0.3) is 11.8 Å². The van der Waals surface area contributed by atoms with Crippen LogP contribution in [0.3, 0.4) is 0 Å². The van der Waals surface area contributed by atoms with E-state index in [-0.39, 0.29) is 53.7 Å². The highest BCUT2D eigenvalue weighted by Gasteiger charge is 2.39. The average Bonchev–Trinajstić information content (AvgIpc) is 3.83. The number of carbonyl (C=O) groups is 6. The Balaban J connectivity index is 0.867. The zero-order valence-corrected chi connectivity index (χ0v) is 43.2. The van der Waals surface area contributed by atoms with Crippen LogP contribution < -0.4 is 30.9 Å². The highest BCUT2D eigenvalue weighted by Crippen LogP contribution is 2.42. The number of amides is 7. The van der Waals surface area contributed by atoms with Crippen molar-refractivity contribution in [2.75, 3.05) is 63.1 Å². The maximum Gasteiger partial charge on any atom is 0.405 e. The fourth-order valence-corrected chi connectivity index (χ4v) is 10.5. The lowest BCUT2D eigenvalue weighted by atomic mass is 9.71. The molecule has 6 aromatic rings. The predicted molar refractivity (Wildman–Crippen MR) is 282 cm³/mol. The maximum absolute atomic E-state index is 15.5. The van der Waals surface area contributed by atoms with Gasteiger partial charge in [0, 0.05) is 54.8 Å². The Morgan fingerprint density at radius 2 is 1.60 bits per heavy atom. The predicted octanol–water partition coefficient (Wildman–Crippen LogP) is 7.19. The number of nitrogens with one attached hydrogen (secondary N) is 4. The molecule has 0 aliphatic carbocycles. The Kier molecular flexibility index (Phi) is 15.4. The number of anilines is 2. The molecule has 3 aliphatic rings. The fourth-order valence-electron chi connectivity index (χ4n) is 10.5. The van der Waals surface area contributed by atoms with Gasteiger partial charge in [-0.15, -0.1) is 0 Å². The van der Waals surface area contributed by atoms with Crippen LogP contribution in [-0.2, 0) is 28.3 Å². The number of hydrogen-bond donors (Lipinski definition) is 6. The first kappa shape index (κ1) is 53.5. The number of hydrogen-bond acceptors (Lipinski definition) is 11. The normalized spacial score (nSPS) is 15.8. The zero-order valence-electron chi connectivity index (χ0n) is 43.2. The van der Waals surface area contributed by atoms with Gasteiger partial charge in [0.05, 0.1) is 42.0 Å². The number of aliphatic hydroxyl groups is 1. The number of urea groups is 1. The Morgan fingerprint density at radius 1 is 0.870 bits per heavy atom. The van der Waals surface area contributed by atoms with Crippen LogP contribution in [-0.4, -0.2) is 123 Å². The lowest BCUT2D eigenvalue weighted by Gasteiger charge is -2.47. The molecule has 4 aromatic carbocycles. The summed E-state index contributed by atoms with van der Waals surface area (Å²) in [7, 11) is 1.50. The number of methoxy groups -OCH3 is 1. The van der Waals surface area contributed by atoms with Crippen LogP contribution in [0.25, 0.3) is 33.5 Å². The van der Waals surface area contributed by atoms with E-state index in [4.69, 9.17) is 9.84 Å². The molecule has 0 radical (unpaired) electrons. The number of halogens is 2. The third-order valence-corrected chi connectivity index (χ3v) is 15.1. The van der Waals surface area contributed by atoms with Gasteiger partial charge in [-0.25, -0.2) is 28.3 Å². The summed E-state index contributed by atoms with van der Waals surface area (Å²) in [5.41, 5.74) is 3.67. The summed E-state index contributed by atoms with van der Waals surface area (Å²) in [4.78, 5) is 90.4. The molecule has 0 bridgehead atoms. The van der Waals surface area contributed by atoms with Crippen molar-refractivity contribution in [1.29, 1.82) is 0 Å². The Morgan fingerprint density at radius 3 is 2.27 bits per heavy atom. The Bertz CT molecular complexity index is 3290. The molecule has 0 unspecified atom stereocenters. The second-order valence-electron chi connectivity index (χ2n) is 20.4. The van der Waals surface area contributed by atoms with E-state index in [9.17, 15) is 33.9 Å². The van der Waals surface area contributed by atoms with Gasteiger partial charge in [-0.1, -0.05) is 30.3 Å². The lowest BCUT2D eigenvalue weighted by molar-refractivity contribution is -0.121. The van der Waals surface area contributed by atoms with Crippen LogP contribution in [0.4, 0.5) is 29.7 Å². The van der Waals surface area contributed by atoms with Crippen LogP contribution >= 0.6 is 0 Å². The Hall–Kier alpha value is -8.30. The number of ether oxygens (including phenoxy) is 1. The number of carbonyl (C=O) groups excluding carboxylic acids is 5. The number of carboxylic acid groups (broad SMARTS) is 1. The van der Waals surface area contributed by atoms with Crippen LogP contribution in [0, 0.1) is 24.0 Å². The minimum absolute atomic E-state index is 0.0736. The largest absolute Gasteiger partial charge is 0.495 e. The number of nitrogens with zero attached hydrogens (tertiary/aromatic N) is 6. The average molecular weight is 1060 g/mol. The number of aromatic nitrogens is 3. The van der Waals surface area contributed by atoms with Crippen molar-refractivity contribution < 1.29 is 52.5 Å². The summed E-state index contributed by atoms with van der Waals surface area (Å²) >= 11 is 0. The van der Waals surface area contributed by atoms with E-state index in [2.05, 4.69) is 36.1 Å². The van der Waals surface area contributed by atoms with Gasteiger partial charge >= 0.3 is 12.1 Å². The number of rotatable bonds is 15. The molecule has 7 amide bonds. The first-order valence-corrected chi connectivity index (χ1v) is 25.4. The molecule has 0 atom stereocenters. The molecule has 0 saturated carbocycles. The van der Waals surface area contributed by atoms with E-state index in [0.717, 1.165) is 75.0 Å². The van der Waals surface area contributed by atoms with Gasteiger partial charge in [-0.05, 0) is 142 Å². The second-order valence-corrected chi connectivity index (χ2v) is 20.4. The highest BCUT2D eigenvalue weighted by molar-refractivity contribution is 6.08. The van der Waals surface area contributed by atoms with Crippen molar-refractivity contribution >= 4 is 58.2 Å². The van der Waals surface area contributed by atoms with Gasteiger partial charge < -0.3 is 45.3 Å². The number of likely N-dealkylation sites (tertiary alicyclic amines) is 2. The van der Waals surface area contributed by atoms with Crippen molar-refractivity contribution in [3.8, 4) is 28.3 Å². The van der Waals surface area contributed by atoms with Crippen LogP contribution in [0.15, 0.2) is 85.2 Å². The molecule has 6 N–H and O–H groups in total. The van der Waals surface area contributed by atoms with Crippen LogP contribution in [0.1, 0.15) is 83.4 Å². The molecule has 1 spiro atoms. The summed E-state index contributed by atoms with van der Waals surface area (Å²) in [6.07, 6.45) is 4.71. The molecule has 3 aliphatic heterocycles. The SMILES string of the molecule is COc1ccc(C(=O)N2CCC3(CCN(CCc4ccc(-c5cc6c(-c7cc(F)cc(NC(=O)c8ccc(C(C)(C)O)cc8F)c7C)ncnc6n5CNC(=O)CNC(=O)O)cc4)CC3)CC2)cc1N1CCC(=O)NC1=O. The van der Waals surface area contributed by atoms with E-state index >= 15 is 8.78 Å². The number of piperidine rings is 2. The van der Waals surface area contributed by atoms with E-state index in [1.807, 2.05) is 35.2 Å². The summed E-state index contributed by atoms with van der Waals surface area (Å²) < 4.78 is 38.0. The summed E-state index contributed by atoms with van der Waals surface area (Å²) in [6.45, 7) is 8.21. The van der Waals surface area contributed by atoms with E-state index in [0.29, 0.717) is 63.6 Å². The third-order valence-electron chi connectivity index (χ3n) is 15.1. The van der Waals surface area contributed by atoms with Gasteiger partial charge in [-0.2, -0.15) is 0 Å². The third kappa shape index (κ3) is 11.8. The quantitative estimate of drug-likeness (QED) is 0.0599. The van der Waals surface area contributed by atoms with Crippen LogP contribution in [0.2, 0.25) is 0 Å². The maximum atomic E-state index is 15.5. The molecule has 19 nitrogen and oxygen atoms in total. The van der Waals surface area contributed by atoms with Crippen molar-refractivity contribution in [3.63, 3.8) is 0 Å². The minimum atomic E-state index is -1.36. The van der Waals surface area contributed by atoms with Gasteiger partial charge in [0.1, 0.15) is 35.9 Å². The molecule has 77 heavy (non-hydrogen) atoms. The molecule has 402 valence electrons. The van der Waals surface area contributed by atoms with E-state index in [1.165, 1.54) is 50.4 Å². The van der Waals surface area contributed by atoms with Gasteiger partial charge in [0.15, 0.2) is 0 Å². The number of benzene rings is 4. The second kappa shape index (κ2) is 22.1. The molecule has 3 saturated heterocycles. The first-order valence-electron chi connectivity index (χ1n) is 25.4. The number of imide groups is 1. The van der Waals surface area contributed by atoms with Crippen molar-refractivity contribution in [2.24, 2.45) is 5.41 Å². The first-order chi connectivity index (χ1) is 36.8. The monoisotopic (exact) mass is 1050 g/mol. The molecule has 2 aromatic heterocycles. The molecule has 9 rings (SSSR count). The van der Waals surface area contributed by atoms with Crippen molar-refractivity contribution in [3.05, 3.63) is 125 Å². The molecule has 3 fully saturated rings. The highest BCUT2D eigenvalue weighted by atomic mass is 19.1. The molecule has 21 heteroatoms. The lowest BCUT2D eigenvalue weighted by Crippen LogP contribution is -2.50. The van der Waals surface area contributed by atoms with Crippen LogP contribution in [0.5, 0.6) is 5.75 Å². The number of fused-ring (bicyclic) bond motifs is 1. The molecular formula is C56H60F2N10O9. The van der Waals surface area contributed by atoms with Crippen molar-refractivity contribution in [1.82, 2.24) is 40.3 Å². The van der Waals surface area contributed by atoms with Crippen molar-refractivity contribution in [2.45, 2.75) is 71.6 Å². The minimum Gasteiger partial charge on any atom is -0.495 e. The Labute approximate surface area is 442 Å². The standard InChI is InChI=1S/C56H60F2N10O9/c1-33-40(27-38(57)28-43(33)63-51(71)39-11-10-37(26-42(39)58)55(2,3)76)49-41-29-44(68(50(41)61-31-60-49)32-62-48(70)30-59-54(74)75)35-7-5-34(6-8-35)13-19-65-21-15-56(16-22-65)17-23-66(24-18-56)52(72)36-9-12-46(77-4)45(25-36)67-20-14-47(69)64-53(67)73/h5-12,25-29,31,59,76H,13-24,30,32H2,1-4H3,(H,62,70)(H,63,71)(H,74,75)(H,64,69,73). The van der Waals surface area contributed by atoms with E-state index < -0.39 is 47.7 Å². The zero-order chi connectivity index (χ0) is 54.8. The molecular weight excluding hydrogens is 995 g/mol. The van der Waals surface area contributed by atoms with Gasteiger partial charge in [0.2, 0.25) is 11.8 Å². The smallest absolute Gasteiger partial charge is 0.405 e. The summed E-state index contributed by atoms with van der Waals surface area (Å²) in [5, 5.41) is 29.7. The topological polar surface area (TPSA) is 241 Å². The van der Waals surface area contributed by atoms with E-state index in [1.54, 1.807) is 29.7 Å². The summed E-state index contributed by atoms with van der Waals surface area (Å²) in [6, 6.07) is 20.5. The van der Waals surface area contributed by atoms with Gasteiger partial charge in [-0.3, -0.25) is 29.4 Å². The molecule has 5 heterocycles. The fraction of sp³-hybridized carbons (Fsp3) is 0.357.